The molecule has 8 heteroatoms. The molecule has 0 aliphatic carbocycles. The molecular weight excluding hydrogens is 314 g/mol. The van der Waals surface area contributed by atoms with Crippen LogP contribution in [0.25, 0.3) is 0 Å². The highest BCUT2D eigenvalue weighted by Crippen LogP contribution is 2.20. The van der Waals surface area contributed by atoms with Crippen molar-refractivity contribution < 1.29 is 22.0 Å². The zero-order valence-corrected chi connectivity index (χ0v) is 13.4. The SMILES string of the molecule is CCCCNC(=O)CCN(c1ccc(F)c(F)c1)S(C)(=O)=O. The van der Waals surface area contributed by atoms with E-state index >= 15 is 0 Å². The van der Waals surface area contributed by atoms with Crippen LogP contribution < -0.4 is 9.62 Å². The summed E-state index contributed by atoms with van der Waals surface area (Å²) < 4.78 is 50.6. The predicted molar refractivity (Wildman–Crippen MR) is 81.1 cm³/mol. The molecule has 0 heterocycles. The molecule has 0 unspecified atom stereocenters. The lowest BCUT2D eigenvalue weighted by atomic mass is 10.3. The minimum atomic E-state index is -3.70. The van der Waals surface area contributed by atoms with Crippen LogP contribution in [0.4, 0.5) is 14.5 Å². The van der Waals surface area contributed by atoms with Gasteiger partial charge < -0.3 is 5.32 Å². The molecule has 0 spiro atoms. The number of nitrogens with zero attached hydrogens (tertiary/aromatic N) is 1. The van der Waals surface area contributed by atoms with Crippen LogP contribution in [0.3, 0.4) is 0 Å². The smallest absolute Gasteiger partial charge is 0.232 e. The summed E-state index contributed by atoms with van der Waals surface area (Å²) in [6.45, 7) is 2.38. The molecule has 1 N–H and O–H groups in total. The number of carbonyl (C=O) groups is 1. The van der Waals surface area contributed by atoms with E-state index in [0.717, 1.165) is 41.6 Å². The monoisotopic (exact) mass is 334 g/mol. The van der Waals surface area contributed by atoms with Gasteiger partial charge in [-0.1, -0.05) is 13.3 Å². The van der Waals surface area contributed by atoms with E-state index in [4.69, 9.17) is 0 Å². The number of nitrogens with one attached hydrogen (secondary N) is 1. The molecule has 0 aliphatic heterocycles. The van der Waals surface area contributed by atoms with Gasteiger partial charge in [0.2, 0.25) is 15.9 Å². The van der Waals surface area contributed by atoms with Crippen molar-refractivity contribution in [2.24, 2.45) is 0 Å². The zero-order chi connectivity index (χ0) is 16.8. The van der Waals surface area contributed by atoms with Gasteiger partial charge in [0.15, 0.2) is 11.6 Å². The minimum Gasteiger partial charge on any atom is -0.356 e. The molecular formula is C14H20F2N2O3S. The highest BCUT2D eigenvalue weighted by atomic mass is 32.2. The number of sulfonamides is 1. The van der Waals surface area contributed by atoms with E-state index in [1.807, 2.05) is 6.92 Å². The van der Waals surface area contributed by atoms with Gasteiger partial charge in [0.1, 0.15) is 0 Å². The third kappa shape index (κ3) is 5.59. The lowest BCUT2D eigenvalue weighted by molar-refractivity contribution is -0.120. The van der Waals surface area contributed by atoms with Crippen molar-refractivity contribution in [3.63, 3.8) is 0 Å². The first-order valence-corrected chi connectivity index (χ1v) is 8.80. The largest absolute Gasteiger partial charge is 0.356 e. The van der Waals surface area contributed by atoms with Crippen molar-refractivity contribution in [2.45, 2.75) is 26.2 Å². The molecule has 1 rings (SSSR count). The second kappa shape index (κ2) is 8.07. The van der Waals surface area contributed by atoms with Crippen molar-refractivity contribution >= 4 is 21.6 Å². The third-order valence-corrected chi connectivity index (χ3v) is 4.18. The summed E-state index contributed by atoms with van der Waals surface area (Å²) in [7, 11) is -3.70. The van der Waals surface area contributed by atoms with Crippen LogP contribution in [0.1, 0.15) is 26.2 Å². The standard InChI is InChI=1S/C14H20F2N2O3S/c1-3-4-8-17-14(19)7-9-18(22(2,20)21)11-5-6-12(15)13(16)10-11/h5-6,10H,3-4,7-9H2,1-2H3,(H,17,19). The van der Waals surface area contributed by atoms with Crippen LogP contribution >= 0.6 is 0 Å². The summed E-state index contributed by atoms with van der Waals surface area (Å²) >= 11 is 0. The van der Waals surface area contributed by atoms with Gasteiger partial charge in [-0.3, -0.25) is 9.10 Å². The van der Waals surface area contributed by atoms with Crippen LogP contribution in [-0.2, 0) is 14.8 Å². The Labute approximate surface area is 129 Å². The highest BCUT2D eigenvalue weighted by molar-refractivity contribution is 7.92. The average molecular weight is 334 g/mol. The fourth-order valence-electron chi connectivity index (χ4n) is 1.82. The Kier molecular flexibility index (Phi) is 6.73. The molecule has 0 atom stereocenters. The summed E-state index contributed by atoms with van der Waals surface area (Å²) in [5.74, 6) is -2.49. The second-order valence-corrected chi connectivity index (χ2v) is 6.79. The van der Waals surface area contributed by atoms with Crippen molar-refractivity contribution in [3.8, 4) is 0 Å². The van der Waals surface area contributed by atoms with Gasteiger partial charge in [-0.2, -0.15) is 0 Å². The van der Waals surface area contributed by atoms with Gasteiger partial charge in [-0.25, -0.2) is 17.2 Å². The molecule has 1 aromatic carbocycles. The Bertz CT molecular complexity index is 621. The van der Waals surface area contributed by atoms with E-state index in [1.54, 1.807) is 0 Å². The van der Waals surface area contributed by atoms with Crippen molar-refractivity contribution in [2.75, 3.05) is 23.7 Å². The number of anilines is 1. The first-order valence-electron chi connectivity index (χ1n) is 6.95. The number of rotatable bonds is 8. The molecule has 22 heavy (non-hydrogen) atoms. The van der Waals surface area contributed by atoms with Gasteiger partial charge in [0.05, 0.1) is 11.9 Å². The van der Waals surface area contributed by atoms with Gasteiger partial charge in [0.25, 0.3) is 0 Å². The molecule has 0 aliphatic rings. The van der Waals surface area contributed by atoms with Crippen molar-refractivity contribution in [3.05, 3.63) is 29.8 Å². The van der Waals surface area contributed by atoms with Gasteiger partial charge in [-0.05, 0) is 18.6 Å². The van der Waals surface area contributed by atoms with Gasteiger partial charge in [0, 0.05) is 25.6 Å². The number of unbranched alkanes of at least 4 members (excludes halogenated alkanes) is 1. The molecule has 0 bridgehead atoms. The van der Waals surface area contributed by atoms with Crippen molar-refractivity contribution in [1.82, 2.24) is 5.32 Å². The summed E-state index contributed by atoms with van der Waals surface area (Å²) in [4.78, 5) is 11.6. The maximum absolute atomic E-state index is 13.3. The van der Waals surface area contributed by atoms with Crippen LogP contribution in [-0.4, -0.2) is 33.7 Å². The van der Waals surface area contributed by atoms with Crippen LogP contribution in [0, 0.1) is 11.6 Å². The lowest BCUT2D eigenvalue weighted by Crippen LogP contribution is -2.35. The van der Waals surface area contributed by atoms with Crippen LogP contribution in [0.2, 0.25) is 0 Å². The zero-order valence-electron chi connectivity index (χ0n) is 12.6. The summed E-state index contributed by atoms with van der Waals surface area (Å²) in [6, 6.07) is 2.81. The fourth-order valence-corrected chi connectivity index (χ4v) is 2.74. The molecule has 0 fully saturated rings. The van der Waals surface area contributed by atoms with Crippen LogP contribution in [0.15, 0.2) is 18.2 Å². The number of benzene rings is 1. The first-order chi connectivity index (χ1) is 10.3. The van der Waals surface area contributed by atoms with E-state index in [9.17, 15) is 22.0 Å². The Hall–Kier alpha value is -1.70. The fraction of sp³-hybridized carbons (Fsp3) is 0.500. The summed E-state index contributed by atoms with van der Waals surface area (Å²) in [5.41, 5.74) is -0.0113. The second-order valence-electron chi connectivity index (χ2n) is 4.89. The Morgan fingerprint density at radius 3 is 2.50 bits per heavy atom. The maximum Gasteiger partial charge on any atom is 0.232 e. The predicted octanol–water partition coefficient (Wildman–Crippen LogP) is 2.04. The molecule has 0 saturated carbocycles. The molecule has 124 valence electrons. The quantitative estimate of drug-likeness (QED) is 0.740. The average Bonchev–Trinajstić information content (AvgIpc) is 2.41. The molecule has 1 aromatic rings. The molecule has 0 radical (unpaired) electrons. The normalized spacial score (nSPS) is 11.3. The summed E-state index contributed by atoms with van der Waals surface area (Å²) in [6.07, 6.45) is 2.66. The number of amides is 1. The third-order valence-electron chi connectivity index (χ3n) is 2.99. The topological polar surface area (TPSA) is 66.5 Å². The maximum atomic E-state index is 13.3. The molecule has 5 nitrogen and oxygen atoms in total. The van der Waals surface area contributed by atoms with E-state index in [0.29, 0.717) is 6.54 Å². The number of hydrogen-bond acceptors (Lipinski definition) is 3. The Balaban J connectivity index is 2.78. The van der Waals surface area contributed by atoms with Crippen LogP contribution in [0.5, 0.6) is 0 Å². The minimum absolute atomic E-state index is 0.0113. The first kappa shape index (κ1) is 18.3. The van der Waals surface area contributed by atoms with E-state index in [-0.39, 0.29) is 24.6 Å². The molecule has 0 aromatic heterocycles. The van der Waals surface area contributed by atoms with E-state index < -0.39 is 21.7 Å². The Morgan fingerprint density at radius 1 is 1.27 bits per heavy atom. The molecule has 1 amide bonds. The van der Waals surface area contributed by atoms with E-state index in [1.165, 1.54) is 0 Å². The summed E-state index contributed by atoms with van der Waals surface area (Å²) in [5, 5.41) is 2.67. The van der Waals surface area contributed by atoms with Crippen molar-refractivity contribution in [1.29, 1.82) is 0 Å². The number of hydrogen-bond donors (Lipinski definition) is 1. The highest BCUT2D eigenvalue weighted by Gasteiger charge is 2.19. The van der Waals surface area contributed by atoms with Gasteiger partial charge >= 0.3 is 0 Å². The molecule has 0 saturated heterocycles. The number of carbonyl (C=O) groups excluding carboxylic acids is 1. The van der Waals surface area contributed by atoms with E-state index in [2.05, 4.69) is 5.32 Å². The number of halogens is 2. The lowest BCUT2D eigenvalue weighted by Gasteiger charge is -2.22. The van der Waals surface area contributed by atoms with Gasteiger partial charge in [-0.15, -0.1) is 0 Å². The Morgan fingerprint density at radius 2 is 1.95 bits per heavy atom.